The summed E-state index contributed by atoms with van der Waals surface area (Å²) in [5, 5.41) is 7.95. The molecule has 0 saturated heterocycles. The molecule has 0 aliphatic rings. The average molecular weight is 351 g/mol. The van der Waals surface area contributed by atoms with Gasteiger partial charge in [0, 0.05) is 0 Å². The molecule has 2 aromatic rings. The van der Waals surface area contributed by atoms with Crippen molar-refractivity contribution in [3.63, 3.8) is 0 Å². The minimum atomic E-state index is -4.44. The van der Waals surface area contributed by atoms with Gasteiger partial charge in [0.05, 0.1) is 17.1 Å². The van der Waals surface area contributed by atoms with Gasteiger partial charge in [0.1, 0.15) is 4.88 Å². The molecule has 2 rings (SSSR count). The van der Waals surface area contributed by atoms with Crippen molar-refractivity contribution >= 4 is 26.5 Å². The van der Waals surface area contributed by atoms with Crippen molar-refractivity contribution in [2.45, 2.75) is 24.0 Å². The maximum atomic E-state index is 12.5. The highest BCUT2D eigenvalue weighted by atomic mass is 32.2. The largest absolute Gasteiger partial charge is 0.427 e. The topological polar surface area (TPSA) is 85.1 Å². The second kappa shape index (κ2) is 5.86. The van der Waals surface area contributed by atoms with Crippen molar-refractivity contribution in [2.24, 2.45) is 5.14 Å². The summed E-state index contributed by atoms with van der Waals surface area (Å²) in [5.74, 6) is 0. The Kier molecular flexibility index (Phi) is 4.45. The van der Waals surface area contributed by atoms with Gasteiger partial charge in [0.25, 0.3) is 0 Å². The van der Waals surface area contributed by atoms with Crippen LogP contribution in [0.2, 0.25) is 0 Å². The minimum absolute atomic E-state index is 0.0613. The molecule has 22 heavy (non-hydrogen) atoms. The Hall–Kier alpha value is -1.65. The molecule has 0 fully saturated rings. The van der Waals surface area contributed by atoms with Crippen LogP contribution in [0.1, 0.15) is 23.4 Å². The smallest absolute Gasteiger partial charge is 0.355 e. The van der Waals surface area contributed by atoms with Crippen LogP contribution in [-0.4, -0.2) is 13.4 Å². The number of anilines is 1. The van der Waals surface area contributed by atoms with Crippen LogP contribution < -0.4 is 10.5 Å². The first-order valence-electron chi connectivity index (χ1n) is 5.99. The fraction of sp³-hybridized carbons (Fsp3) is 0.250. The lowest BCUT2D eigenvalue weighted by Gasteiger charge is -2.14. The molecular formula is C12H12F3N3O2S2. The minimum Gasteiger partial charge on any atom is -0.355 e. The molecule has 1 aromatic heterocycles. The van der Waals surface area contributed by atoms with Crippen molar-refractivity contribution in [2.75, 3.05) is 5.32 Å². The van der Waals surface area contributed by atoms with Crippen LogP contribution in [0.15, 0.2) is 35.4 Å². The molecular weight excluding hydrogens is 339 g/mol. The van der Waals surface area contributed by atoms with E-state index in [1.165, 1.54) is 18.2 Å². The van der Waals surface area contributed by atoms with Gasteiger partial charge in [-0.3, -0.25) is 0 Å². The summed E-state index contributed by atoms with van der Waals surface area (Å²) in [5.41, 5.74) is 0.565. The van der Waals surface area contributed by atoms with Gasteiger partial charge in [-0.25, -0.2) is 18.5 Å². The highest BCUT2D eigenvalue weighted by Gasteiger charge is 2.33. The van der Waals surface area contributed by atoms with Crippen LogP contribution >= 0.6 is 11.3 Å². The molecule has 1 unspecified atom stereocenters. The number of primary sulfonamides is 1. The van der Waals surface area contributed by atoms with Gasteiger partial charge in [-0.15, -0.1) is 0 Å². The third-order valence-electron chi connectivity index (χ3n) is 2.81. The summed E-state index contributed by atoms with van der Waals surface area (Å²) in [6.45, 7) is 1.68. The lowest BCUT2D eigenvalue weighted by Crippen LogP contribution is -2.13. The number of thiazole rings is 1. The Morgan fingerprint density at radius 1 is 1.36 bits per heavy atom. The van der Waals surface area contributed by atoms with Crippen molar-refractivity contribution < 1.29 is 21.6 Å². The molecule has 0 saturated carbocycles. The van der Waals surface area contributed by atoms with E-state index < -0.39 is 27.1 Å². The van der Waals surface area contributed by atoms with Crippen LogP contribution in [0.5, 0.6) is 0 Å². The molecule has 0 radical (unpaired) electrons. The number of rotatable bonds is 4. The van der Waals surface area contributed by atoms with Gasteiger partial charge in [-0.1, -0.05) is 23.5 Å². The van der Waals surface area contributed by atoms with Gasteiger partial charge in [-0.05, 0) is 24.6 Å². The molecule has 0 aliphatic carbocycles. The number of nitrogens with zero attached hydrogens (tertiary/aromatic N) is 1. The summed E-state index contributed by atoms with van der Waals surface area (Å²) in [7, 11) is -3.84. The van der Waals surface area contributed by atoms with Gasteiger partial charge in [0.2, 0.25) is 10.0 Å². The zero-order chi connectivity index (χ0) is 16.5. The van der Waals surface area contributed by atoms with Crippen LogP contribution in [0.3, 0.4) is 0 Å². The standard InChI is InChI=1S/C12H12F3N3O2S2/c1-7(8-3-2-4-9(5-8)22(16,19)20)18-11-17-6-10(21-11)12(13,14)15/h2-7H,1H3,(H,17,18)(H2,16,19,20). The molecule has 1 aromatic carbocycles. The first-order chi connectivity index (χ1) is 10.1. The number of sulfonamides is 1. The summed E-state index contributed by atoms with van der Waals surface area (Å²) >= 11 is 0.482. The van der Waals surface area contributed by atoms with E-state index in [4.69, 9.17) is 5.14 Å². The van der Waals surface area contributed by atoms with E-state index in [9.17, 15) is 21.6 Å². The lowest BCUT2D eigenvalue weighted by molar-refractivity contribution is -0.134. The molecule has 3 N–H and O–H groups in total. The Morgan fingerprint density at radius 2 is 2.05 bits per heavy atom. The Morgan fingerprint density at radius 3 is 2.59 bits per heavy atom. The van der Waals surface area contributed by atoms with Crippen molar-refractivity contribution in [1.82, 2.24) is 4.98 Å². The molecule has 0 bridgehead atoms. The van der Waals surface area contributed by atoms with E-state index in [0.717, 1.165) is 6.20 Å². The number of nitrogens with two attached hydrogens (primary N) is 1. The van der Waals surface area contributed by atoms with Gasteiger partial charge in [-0.2, -0.15) is 13.2 Å². The first kappa shape index (κ1) is 16.7. The number of hydrogen-bond acceptors (Lipinski definition) is 5. The summed E-state index contributed by atoms with van der Waals surface area (Å²) < 4.78 is 60.1. The van der Waals surface area contributed by atoms with Gasteiger partial charge in [0.15, 0.2) is 5.13 Å². The number of alkyl halides is 3. The number of halogens is 3. The van der Waals surface area contributed by atoms with Gasteiger partial charge < -0.3 is 5.32 Å². The maximum Gasteiger partial charge on any atom is 0.427 e. The Bertz CT molecular complexity index is 772. The predicted molar refractivity (Wildman–Crippen MR) is 77.0 cm³/mol. The molecule has 10 heteroatoms. The predicted octanol–water partition coefficient (Wildman–Crippen LogP) is 2.98. The SMILES string of the molecule is CC(Nc1ncc(C(F)(F)F)s1)c1cccc(S(N)(=O)=O)c1. The molecule has 120 valence electrons. The highest BCUT2D eigenvalue weighted by molar-refractivity contribution is 7.89. The van der Waals surface area contributed by atoms with E-state index in [-0.39, 0.29) is 10.0 Å². The van der Waals surface area contributed by atoms with Crippen LogP contribution in [0, 0.1) is 0 Å². The molecule has 1 atom stereocenters. The van der Waals surface area contributed by atoms with Crippen LogP contribution in [-0.2, 0) is 16.2 Å². The number of nitrogens with one attached hydrogen (secondary N) is 1. The summed E-state index contributed by atoms with van der Waals surface area (Å²) in [6, 6.07) is 5.43. The fourth-order valence-corrected chi connectivity index (χ4v) is 3.04. The fourth-order valence-electron chi connectivity index (χ4n) is 1.70. The van der Waals surface area contributed by atoms with Crippen molar-refractivity contribution in [3.8, 4) is 0 Å². The molecule has 1 heterocycles. The average Bonchev–Trinajstić information content (AvgIpc) is 2.86. The van der Waals surface area contributed by atoms with Crippen molar-refractivity contribution in [1.29, 1.82) is 0 Å². The molecule has 0 amide bonds. The zero-order valence-corrected chi connectivity index (χ0v) is 12.9. The highest BCUT2D eigenvalue weighted by Crippen LogP contribution is 2.36. The Labute approximate surface area is 129 Å². The third kappa shape index (κ3) is 3.96. The molecule has 0 aliphatic heterocycles. The molecule has 0 spiro atoms. The normalized spacial score (nSPS) is 13.9. The third-order valence-corrected chi connectivity index (χ3v) is 4.70. The first-order valence-corrected chi connectivity index (χ1v) is 8.36. The second-order valence-corrected chi connectivity index (χ2v) is 7.10. The summed E-state index contributed by atoms with van der Waals surface area (Å²) in [4.78, 5) is 2.80. The van der Waals surface area contributed by atoms with Gasteiger partial charge >= 0.3 is 6.18 Å². The van der Waals surface area contributed by atoms with E-state index in [1.54, 1.807) is 13.0 Å². The van der Waals surface area contributed by atoms with Crippen LogP contribution in [0.25, 0.3) is 0 Å². The van der Waals surface area contributed by atoms with E-state index in [1.807, 2.05) is 0 Å². The zero-order valence-electron chi connectivity index (χ0n) is 11.3. The van der Waals surface area contributed by atoms with Crippen molar-refractivity contribution in [3.05, 3.63) is 40.9 Å². The maximum absolute atomic E-state index is 12.5. The monoisotopic (exact) mass is 351 g/mol. The lowest BCUT2D eigenvalue weighted by atomic mass is 10.1. The van der Waals surface area contributed by atoms with E-state index in [2.05, 4.69) is 10.3 Å². The number of hydrogen-bond donors (Lipinski definition) is 2. The van der Waals surface area contributed by atoms with Crippen LogP contribution in [0.4, 0.5) is 18.3 Å². The number of benzene rings is 1. The summed E-state index contributed by atoms with van der Waals surface area (Å²) in [6.07, 6.45) is -3.69. The number of aromatic nitrogens is 1. The second-order valence-electron chi connectivity index (χ2n) is 4.51. The van der Waals surface area contributed by atoms with E-state index in [0.29, 0.717) is 16.9 Å². The Balaban J connectivity index is 2.19. The van der Waals surface area contributed by atoms with E-state index >= 15 is 0 Å². The molecule has 5 nitrogen and oxygen atoms in total. The quantitative estimate of drug-likeness (QED) is 0.887.